The average molecular weight is 440 g/mol. The minimum absolute atomic E-state index is 0.238. The van der Waals surface area contributed by atoms with Gasteiger partial charge in [0, 0.05) is 0 Å². The summed E-state index contributed by atoms with van der Waals surface area (Å²) in [5.41, 5.74) is 2.33. The molecule has 0 unspecified atom stereocenters. The summed E-state index contributed by atoms with van der Waals surface area (Å²) in [4.78, 5) is 28.6. The zero-order valence-corrected chi connectivity index (χ0v) is 18.5. The quantitative estimate of drug-likeness (QED) is 0.218. The van der Waals surface area contributed by atoms with Crippen LogP contribution in [0, 0.1) is 5.92 Å². The van der Waals surface area contributed by atoms with Crippen LogP contribution in [0.4, 0.5) is 0 Å². The molecule has 3 aromatic rings. The van der Waals surface area contributed by atoms with E-state index in [1.807, 2.05) is 48.5 Å². The molecule has 0 amide bonds. The monoisotopic (exact) mass is 439 g/mol. The van der Waals surface area contributed by atoms with Crippen molar-refractivity contribution in [3.63, 3.8) is 0 Å². The molecule has 0 bridgehead atoms. The molecule has 0 aliphatic carbocycles. The molecule has 2 aromatic carbocycles. The van der Waals surface area contributed by atoms with E-state index in [0.717, 1.165) is 29.5 Å². The number of carbonyl (C=O) groups is 2. The number of unbranched alkanes of at least 4 members (excludes halogenated alkanes) is 2. The molecule has 0 spiro atoms. The maximum absolute atomic E-state index is 12.0. The van der Waals surface area contributed by atoms with Crippen LogP contribution in [-0.2, 0) is 19.1 Å². The summed E-state index contributed by atoms with van der Waals surface area (Å²) in [5, 5.41) is 0. The van der Waals surface area contributed by atoms with E-state index in [1.54, 1.807) is 13.8 Å². The van der Waals surface area contributed by atoms with Crippen molar-refractivity contribution >= 4 is 23.0 Å². The van der Waals surface area contributed by atoms with Crippen molar-refractivity contribution in [1.29, 1.82) is 0 Å². The predicted octanol–water partition coefficient (Wildman–Crippen LogP) is 5.18. The maximum Gasteiger partial charge on any atom is 0.320 e. The first-order chi connectivity index (χ1) is 15.6. The van der Waals surface area contributed by atoms with E-state index in [1.165, 1.54) is 0 Å². The van der Waals surface area contributed by atoms with E-state index in [-0.39, 0.29) is 13.2 Å². The number of benzene rings is 2. The second-order valence-electron chi connectivity index (χ2n) is 7.24. The molecule has 3 rings (SSSR count). The Morgan fingerprint density at radius 3 is 2.31 bits per heavy atom. The van der Waals surface area contributed by atoms with Crippen molar-refractivity contribution in [3.05, 3.63) is 48.5 Å². The van der Waals surface area contributed by atoms with Gasteiger partial charge in [-0.3, -0.25) is 9.59 Å². The highest BCUT2D eigenvalue weighted by Crippen LogP contribution is 2.31. The molecule has 0 radical (unpaired) electrons. The van der Waals surface area contributed by atoms with Gasteiger partial charge in [0.25, 0.3) is 0 Å². The Morgan fingerprint density at radius 2 is 1.59 bits per heavy atom. The van der Waals surface area contributed by atoms with Crippen LogP contribution >= 0.6 is 0 Å². The summed E-state index contributed by atoms with van der Waals surface area (Å²) in [7, 11) is 0. The van der Waals surface area contributed by atoms with E-state index in [0.29, 0.717) is 31.1 Å². The average Bonchev–Trinajstić information content (AvgIpc) is 3.23. The van der Waals surface area contributed by atoms with Crippen LogP contribution in [0.15, 0.2) is 52.9 Å². The lowest BCUT2D eigenvalue weighted by atomic mass is 10.0. The number of oxazole rings is 1. The van der Waals surface area contributed by atoms with Gasteiger partial charge in [-0.2, -0.15) is 0 Å². The molecular formula is C25H29NO6. The summed E-state index contributed by atoms with van der Waals surface area (Å²) in [6.07, 6.45) is 2.68. The van der Waals surface area contributed by atoms with Crippen molar-refractivity contribution in [1.82, 2.24) is 4.98 Å². The van der Waals surface area contributed by atoms with Crippen molar-refractivity contribution in [2.24, 2.45) is 5.92 Å². The standard InChI is InChI=1S/C25H29NO6/c1-3-29-24(27)19(25(28)30-4-2)13-6-5-11-17-31-21-15-9-7-12-18(21)23-26-20-14-8-10-16-22(20)32-23/h7-10,12,14-16,19H,3-6,11,13,17H2,1-2H3. The summed E-state index contributed by atoms with van der Waals surface area (Å²) >= 11 is 0. The van der Waals surface area contributed by atoms with Crippen molar-refractivity contribution < 1.29 is 28.2 Å². The first-order valence-corrected chi connectivity index (χ1v) is 11.0. The topological polar surface area (TPSA) is 87.9 Å². The zero-order valence-electron chi connectivity index (χ0n) is 18.5. The molecule has 0 saturated carbocycles. The molecular weight excluding hydrogens is 410 g/mol. The predicted molar refractivity (Wildman–Crippen MR) is 120 cm³/mol. The maximum atomic E-state index is 12.0. The highest BCUT2D eigenvalue weighted by atomic mass is 16.6. The third kappa shape index (κ3) is 6.09. The number of hydrogen-bond donors (Lipinski definition) is 0. The number of nitrogens with zero attached hydrogens (tertiary/aromatic N) is 1. The van der Waals surface area contributed by atoms with Gasteiger partial charge in [-0.1, -0.05) is 37.1 Å². The summed E-state index contributed by atoms with van der Waals surface area (Å²) in [5.74, 6) is -0.678. The SMILES string of the molecule is CCOC(=O)C(CCCCCOc1ccccc1-c1nc2ccccc2o1)C(=O)OCC. The smallest absolute Gasteiger partial charge is 0.320 e. The molecule has 170 valence electrons. The molecule has 7 heteroatoms. The van der Waals surface area contributed by atoms with Gasteiger partial charge in [-0.05, 0) is 51.0 Å². The van der Waals surface area contributed by atoms with Crippen LogP contribution in [0.2, 0.25) is 0 Å². The van der Waals surface area contributed by atoms with Gasteiger partial charge in [0.05, 0.1) is 25.4 Å². The fourth-order valence-corrected chi connectivity index (χ4v) is 3.38. The van der Waals surface area contributed by atoms with Gasteiger partial charge in [0.2, 0.25) is 5.89 Å². The van der Waals surface area contributed by atoms with E-state index in [2.05, 4.69) is 4.98 Å². The number of fused-ring (bicyclic) bond motifs is 1. The van der Waals surface area contributed by atoms with Crippen molar-refractivity contribution in [3.8, 4) is 17.2 Å². The summed E-state index contributed by atoms with van der Waals surface area (Å²) < 4.78 is 21.9. The second kappa shape index (κ2) is 11.9. The van der Waals surface area contributed by atoms with E-state index >= 15 is 0 Å². The number of ether oxygens (including phenoxy) is 3. The first-order valence-electron chi connectivity index (χ1n) is 11.0. The Hall–Kier alpha value is -3.35. The van der Waals surface area contributed by atoms with Crippen molar-refractivity contribution in [2.75, 3.05) is 19.8 Å². The molecule has 1 heterocycles. The summed E-state index contributed by atoms with van der Waals surface area (Å²) in [6.45, 7) is 4.41. The Morgan fingerprint density at radius 1 is 0.906 bits per heavy atom. The van der Waals surface area contributed by atoms with Crippen LogP contribution in [0.1, 0.15) is 39.5 Å². The van der Waals surface area contributed by atoms with Gasteiger partial charge < -0.3 is 18.6 Å². The molecule has 0 N–H and O–H groups in total. The Balaban J connectivity index is 1.51. The van der Waals surface area contributed by atoms with Crippen molar-refractivity contribution in [2.45, 2.75) is 39.5 Å². The number of para-hydroxylation sites is 3. The third-order valence-electron chi connectivity index (χ3n) is 4.95. The van der Waals surface area contributed by atoms with Gasteiger partial charge in [0.1, 0.15) is 11.3 Å². The number of aromatic nitrogens is 1. The lowest BCUT2D eigenvalue weighted by molar-refractivity contribution is -0.161. The fourth-order valence-electron chi connectivity index (χ4n) is 3.38. The Bertz CT molecular complexity index is 977. The zero-order chi connectivity index (χ0) is 22.8. The lowest BCUT2D eigenvalue weighted by Crippen LogP contribution is -2.28. The fraction of sp³-hybridized carbons (Fsp3) is 0.400. The third-order valence-corrected chi connectivity index (χ3v) is 4.95. The number of rotatable bonds is 12. The van der Waals surface area contributed by atoms with Gasteiger partial charge >= 0.3 is 11.9 Å². The van der Waals surface area contributed by atoms with E-state index in [9.17, 15) is 9.59 Å². The lowest BCUT2D eigenvalue weighted by Gasteiger charge is -2.14. The van der Waals surface area contributed by atoms with E-state index < -0.39 is 17.9 Å². The highest BCUT2D eigenvalue weighted by molar-refractivity contribution is 5.94. The van der Waals surface area contributed by atoms with Crippen LogP contribution < -0.4 is 4.74 Å². The Kier molecular flexibility index (Phi) is 8.66. The molecule has 0 aliphatic heterocycles. The van der Waals surface area contributed by atoms with Crippen LogP contribution in [0.3, 0.4) is 0 Å². The van der Waals surface area contributed by atoms with Gasteiger partial charge in [-0.15, -0.1) is 0 Å². The number of hydrogen-bond acceptors (Lipinski definition) is 7. The number of carbonyl (C=O) groups excluding carboxylic acids is 2. The molecule has 7 nitrogen and oxygen atoms in total. The normalized spacial score (nSPS) is 11.0. The first kappa shape index (κ1) is 23.3. The molecule has 0 fully saturated rings. The molecule has 0 atom stereocenters. The largest absolute Gasteiger partial charge is 0.493 e. The molecule has 32 heavy (non-hydrogen) atoms. The molecule has 0 aliphatic rings. The number of esters is 2. The van der Waals surface area contributed by atoms with E-state index in [4.69, 9.17) is 18.6 Å². The highest BCUT2D eigenvalue weighted by Gasteiger charge is 2.28. The Labute approximate surface area is 187 Å². The van der Waals surface area contributed by atoms with Crippen LogP contribution in [0.5, 0.6) is 5.75 Å². The molecule has 1 aromatic heterocycles. The summed E-state index contributed by atoms with van der Waals surface area (Å²) in [6, 6.07) is 15.3. The van der Waals surface area contributed by atoms with Crippen LogP contribution in [0.25, 0.3) is 22.6 Å². The van der Waals surface area contributed by atoms with Gasteiger partial charge in [0.15, 0.2) is 11.5 Å². The molecule has 0 saturated heterocycles. The van der Waals surface area contributed by atoms with Gasteiger partial charge in [-0.25, -0.2) is 4.98 Å². The van der Waals surface area contributed by atoms with Crippen LogP contribution in [-0.4, -0.2) is 36.7 Å². The minimum atomic E-state index is -0.865. The minimum Gasteiger partial charge on any atom is -0.493 e. The second-order valence-corrected chi connectivity index (χ2v) is 7.24.